The molecular formula is C27H30N2O5. The van der Waals surface area contributed by atoms with E-state index >= 15 is 0 Å². The molecule has 7 heteroatoms. The van der Waals surface area contributed by atoms with Crippen LogP contribution in [0.25, 0.3) is 11.1 Å². The monoisotopic (exact) mass is 462 g/mol. The molecule has 2 saturated heterocycles. The fraction of sp³-hybridized carbons (Fsp3) is 0.444. The lowest BCUT2D eigenvalue weighted by atomic mass is 9.73. The maximum atomic E-state index is 13.3. The van der Waals surface area contributed by atoms with Crippen LogP contribution in [0.3, 0.4) is 0 Å². The Bertz CT molecular complexity index is 1080. The lowest BCUT2D eigenvalue weighted by Gasteiger charge is -2.39. The van der Waals surface area contributed by atoms with E-state index in [1.165, 1.54) is 4.90 Å². The van der Waals surface area contributed by atoms with E-state index in [-0.39, 0.29) is 24.3 Å². The molecule has 0 spiro atoms. The van der Waals surface area contributed by atoms with Crippen LogP contribution in [0.15, 0.2) is 48.5 Å². The Morgan fingerprint density at radius 3 is 2.29 bits per heavy atom. The molecule has 2 aliphatic carbocycles. The summed E-state index contributed by atoms with van der Waals surface area (Å²) in [6, 6.07) is 15.4. The zero-order valence-electron chi connectivity index (χ0n) is 19.3. The third-order valence-corrected chi connectivity index (χ3v) is 7.65. The van der Waals surface area contributed by atoms with Gasteiger partial charge in [0.1, 0.15) is 18.2 Å². The molecule has 6 rings (SSSR count). The van der Waals surface area contributed by atoms with Crippen molar-refractivity contribution in [2.24, 2.45) is 5.92 Å². The molecule has 4 aliphatic rings. The molecule has 3 fully saturated rings. The summed E-state index contributed by atoms with van der Waals surface area (Å²) in [5.41, 5.74) is 3.44. The normalized spacial score (nSPS) is 23.0. The molecule has 2 aromatic carbocycles. The maximum absolute atomic E-state index is 13.3. The van der Waals surface area contributed by atoms with Crippen molar-refractivity contribution in [3.05, 3.63) is 59.7 Å². The number of carboxylic acid groups (broad SMARTS) is 1. The smallest absolute Gasteiger partial charge is 0.407 e. The number of nitrogens with zero attached hydrogens (tertiary/aromatic N) is 1. The molecule has 2 amide bonds. The second-order valence-corrected chi connectivity index (χ2v) is 9.72. The first-order valence-corrected chi connectivity index (χ1v) is 12.1. The van der Waals surface area contributed by atoms with Crippen molar-refractivity contribution in [1.29, 1.82) is 0 Å². The number of rotatable bonds is 8. The number of ether oxygens (including phenoxy) is 1. The Labute approximate surface area is 199 Å². The number of carbonyl (C=O) groups is 3. The number of hydrogen-bond acceptors (Lipinski definition) is 4. The number of alkyl carbamates (subject to hydrolysis) is 1. The van der Waals surface area contributed by atoms with Gasteiger partial charge < -0.3 is 20.1 Å². The molecule has 2 bridgehead atoms. The largest absolute Gasteiger partial charge is 0.479 e. The van der Waals surface area contributed by atoms with Crippen LogP contribution in [0, 0.1) is 5.92 Å². The first kappa shape index (κ1) is 22.4. The van der Waals surface area contributed by atoms with Crippen LogP contribution in [0.1, 0.15) is 56.1 Å². The molecule has 2 heterocycles. The average molecular weight is 463 g/mol. The summed E-state index contributed by atoms with van der Waals surface area (Å²) in [4.78, 5) is 39.5. The number of hydrogen-bond donors (Lipinski definition) is 2. The van der Waals surface area contributed by atoms with Gasteiger partial charge in [-0.2, -0.15) is 0 Å². The van der Waals surface area contributed by atoms with E-state index in [1.807, 2.05) is 31.2 Å². The SMILES string of the molecule is CCCCC(NC(=O)OCC1c2ccccc2-c2ccccc21)C(=O)N1CC2CC1(C(=O)O)C2. The highest BCUT2D eigenvalue weighted by molar-refractivity contribution is 5.93. The molecule has 0 radical (unpaired) electrons. The average Bonchev–Trinajstić information content (AvgIpc) is 3.48. The number of carbonyl (C=O) groups excluding carboxylic acids is 2. The molecule has 0 aromatic heterocycles. The van der Waals surface area contributed by atoms with Crippen molar-refractivity contribution in [3.63, 3.8) is 0 Å². The molecule has 2 aromatic rings. The van der Waals surface area contributed by atoms with E-state index in [9.17, 15) is 19.5 Å². The predicted octanol–water partition coefficient (Wildman–Crippen LogP) is 4.16. The van der Waals surface area contributed by atoms with Gasteiger partial charge in [-0.1, -0.05) is 68.3 Å². The molecular weight excluding hydrogens is 432 g/mol. The van der Waals surface area contributed by atoms with Crippen molar-refractivity contribution in [2.75, 3.05) is 13.2 Å². The van der Waals surface area contributed by atoms with Gasteiger partial charge in [-0.05, 0) is 47.4 Å². The fourth-order valence-electron chi connectivity index (χ4n) is 5.90. The highest BCUT2D eigenvalue weighted by Crippen LogP contribution is 2.51. The highest BCUT2D eigenvalue weighted by Gasteiger charge is 2.63. The Balaban J connectivity index is 1.27. The van der Waals surface area contributed by atoms with Crippen LogP contribution >= 0.6 is 0 Å². The number of unbranched alkanes of at least 4 members (excludes halogenated alkanes) is 1. The lowest BCUT2D eigenvalue weighted by Crippen LogP contribution is -2.58. The number of aliphatic carboxylic acids is 1. The van der Waals surface area contributed by atoms with Crippen LogP contribution in [-0.2, 0) is 14.3 Å². The number of carboxylic acids is 1. The van der Waals surface area contributed by atoms with Gasteiger partial charge in [0.2, 0.25) is 5.91 Å². The summed E-state index contributed by atoms with van der Waals surface area (Å²) in [6.07, 6.45) is 2.42. The van der Waals surface area contributed by atoms with Gasteiger partial charge in [0.25, 0.3) is 0 Å². The minimum absolute atomic E-state index is 0.0657. The number of nitrogens with one attached hydrogen (secondary N) is 1. The summed E-state index contributed by atoms with van der Waals surface area (Å²) in [5, 5.41) is 12.5. The molecule has 1 atom stereocenters. The summed E-state index contributed by atoms with van der Waals surface area (Å²) in [7, 11) is 0. The zero-order valence-corrected chi connectivity index (χ0v) is 19.3. The van der Waals surface area contributed by atoms with Gasteiger partial charge in [-0.25, -0.2) is 9.59 Å². The summed E-state index contributed by atoms with van der Waals surface area (Å²) in [5.74, 6) is -1.10. The van der Waals surface area contributed by atoms with Crippen LogP contribution in [0.4, 0.5) is 4.79 Å². The van der Waals surface area contributed by atoms with E-state index in [1.54, 1.807) is 0 Å². The third kappa shape index (κ3) is 3.63. The quantitative estimate of drug-likeness (QED) is 0.614. The van der Waals surface area contributed by atoms with E-state index < -0.39 is 23.6 Å². The van der Waals surface area contributed by atoms with Crippen molar-refractivity contribution >= 4 is 18.0 Å². The Hall–Kier alpha value is -3.35. The van der Waals surface area contributed by atoms with Crippen molar-refractivity contribution in [2.45, 2.75) is 56.5 Å². The highest BCUT2D eigenvalue weighted by atomic mass is 16.5. The van der Waals surface area contributed by atoms with Crippen molar-refractivity contribution in [3.8, 4) is 11.1 Å². The van der Waals surface area contributed by atoms with E-state index in [4.69, 9.17) is 4.74 Å². The van der Waals surface area contributed by atoms with E-state index in [0.717, 1.165) is 35.1 Å². The first-order chi connectivity index (χ1) is 16.4. The molecule has 2 aliphatic heterocycles. The summed E-state index contributed by atoms with van der Waals surface area (Å²) in [6.45, 7) is 2.62. The Kier molecular flexibility index (Phi) is 5.80. The summed E-state index contributed by atoms with van der Waals surface area (Å²) < 4.78 is 5.64. The van der Waals surface area contributed by atoms with Gasteiger partial charge in [-0.15, -0.1) is 0 Å². The van der Waals surface area contributed by atoms with Gasteiger partial charge in [-0.3, -0.25) is 4.79 Å². The predicted molar refractivity (Wildman–Crippen MR) is 126 cm³/mol. The van der Waals surface area contributed by atoms with Crippen LogP contribution in [0.5, 0.6) is 0 Å². The van der Waals surface area contributed by atoms with Crippen LogP contribution < -0.4 is 5.32 Å². The number of fused-ring (bicyclic) bond motifs is 4. The molecule has 2 N–H and O–H groups in total. The van der Waals surface area contributed by atoms with Gasteiger partial charge >= 0.3 is 12.1 Å². The minimum Gasteiger partial charge on any atom is -0.479 e. The van der Waals surface area contributed by atoms with E-state index in [2.05, 4.69) is 29.6 Å². The number of benzene rings is 2. The Morgan fingerprint density at radius 1 is 1.09 bits per heavy atom. The standard InChI is InChI=1S/C27H30N2O5/c1-2-3-12-23(24(30)29-15-17-13-27(29,14-17)25(31)32)28-26(33)34-16-22-20-10-6-4-8-18(20)19-9-5-7-11-21(19)22/h4-11,17,22-23H,2-3,12-16H2,1H3,(H,28,33)(H,31,32). The van der Waals surface area contributed by atoms with Crippen LogP contribution in [0.2, 0.25) is 0 Å². The first-order valence-electron chi connectivity index (χ1n) is 12.1. The third-order valence-electron chi connectivity index (χ3n) is 7.65. The van der Waals surface area contributed by atoms with Crippen molar-refractivity contribution in [1.82, 2.24) is 10.2 Å². The van der Waals surface area contributed by atoms with Crippen molar-refractivity contribution < 1.29 is 24.2 Å². The topological polar surface area (TPSA) is 95.9 Å². The second kappa shape index (κ2) is 8.78. The second-order valence-electron chi connectivity index (χ2n) is 9.72. The number of amides is 2. The zero-order chi connectivity index (χ0) is 23.9. The minimum atomic E-state index is -1.10. The molecule has 34 heavy (non-hydrogen) atoms. The van der Waals surface area contributed by atoms with Gasteiger partial charge in [0.15, 0.2) is 0 Å². The summed E-state index contributed by atoms with van der Waals surface area (Å²) >= 11 is 0. The molecule has 7 nitrogen and oxygen atoms in total. The molecule has 178 valence electrons. The van der Waals surface area contributed by atoms with E-state index in [0.29, 0.717) is 25.8 Å². The molecule has 1 saturated carbocycles. The lowest BCUT2D eigenvalue weighted by molar-refractivity contribution is -0.159. The molecule has 1 unspecified atom stereocenters. The maximum Gasteiger partial charge on any atom is 0.407 e. The Morgan fingerprint density at radius 2 is 1.71 bits per heavy atom. The van der Waals surface area contributed by atoms with Crippen LogP contribution in [-0.4, -0.2) is 52.7 Å². The van der Waals surface area contributed by atoms with Gasteiger partial charge in [0.05, 0.1) is 0 Å². The fourth-order valence-corrected chi connectivity index (χ4v) is 5.90. The van der Waals surface area contributed by atoms with Gasteiger partial charge in [0, 0.05) is 12.5 Å².